The molecule has 4 nitrogen and oxygen atoms in total. The van der Waals surface area contributed by atoms with E-state index < -0.39 is 12.2 Å². The zero-order valence-electron chi connectivity index (χ0n) is 14.0. The van der Waals surface area contributed by atoms with Crippen LogP contribution in [0, 0.1) is 12.7 Å². The van der Waals surface area contributed by atoms with Crippen LogP contribution in [-0.2, 0) is 0 Å². The van der Waals surface area contributed by atoms with Gasteiger partial charge < -0.3 is 9.47 Å². The summed E-state index contributed by atoms with van der Waals surface area (Å²) in [6.07, 6.45) is 0.0554. The van der Waals surface area contributed by atoms with Crippen molar-refractivity contribution in [3.63, 3.8) is 0 Å². The van der Waals surface area contributed by atoms with Crippen molar-refractivity contribution in [1.29, 1.82) is 0 Å². The predicted octanol–water partition coefficient (Wildman–Crippen LogP) is 5.33. The van der Waals surface area contributed by atoms with Crippen LogP contribution in [-0.4, -0.2) is 17.1 Å². The lowest BCUT2D eigenvalue weighted by molar-refractivity contribution is 0.145. The number of rotatable bonds is 5. The molecule has 1 aromatic carbocycles. The summed E-state index contributed by atoms with van der Waals surface area (Å²) in [5.41, 5.74) is 0.965. The van der Waals surface area contributed by atoms with Crippen LogP contribution in [0.4, 0.5) is 13.2 Å². The van der Waals surface area contributed by atoms with Crippen molar-refractivity contribution in [2.24, 2.45) is 0 Å². The number of halogens is 3. The van der Waals surface area contributed by atoms with Crippen LogP contribution in [0.5, 0.6) is 17.4 Å². The van der Waals surface area contributed by atoms with Crippen molar-refractivity contribution in [1.82, 2.24) is 9.97 Å². The molecule has 0 aliphatic carbocycles. The van der Waals surface area contributed by atoms with E-state index in [4.69, 9.17) is 9.47 Å². The number of methoxy groups -OCH3 is 1. The normalized spacial score (nSPS) is 10.8. The van der Waals surface area contributed by atoms with Crippen LogP contribution in [0.1, 0.15) is 17.7 Å². The van der Waals surface area contributed by atoms with Crippen LogP contribution in [0.25, 0.3) is 11.1 Å². The second-order valence-electron chi connectivity index (χ2n) is 5.48. The molecule has 26 heavy (non-hydrogen) atoms. The molecule has 0 unspecified atom stereocenters. The zero-order chi connectivity index (χ0) is 18.7. The summed E-state index contributed by atoms with van der Waals surface area (Å²) in [4.78, 5) is 7.90. The number of pyridine rings is 2. The van der Waals surface area contributed by atoms with E-state index in [9.17, 15) is 13.2 Å². The summed E-state index contributed by atoms with van der Waals surface area (Å²) in [6, 6.07) is 8.94. The second kappa shape index (κ2) is 7.43. The molecule has 0 radical (unpaired) electrons. The maximum absolute atomic E-state index is 13.7. The minimum Gasteiger partial charge on any atom is -0.496 e. The van der Waals surface area contributed by atoms with E-state index in [0.29, 0.717) is 22.4 Å². The van der Waals surface area contributed by atoms with E-state index in [1.54, 1.807) is 12.1 Å². The minimum atomic E-state index is -2.66. The molecule has 134 valence electrons. The van der Waals surface area contributed by atoms with Crippen LogP contribution in [0.15, 0.2) is 48.8 Å². The van der Waals surface area contributed by atoms with E-state index >= 15 is 0 Å². The van der Waals surface area contributed by atoms with Crippen molar-refractivity contribution in [2.45, 2.75) is 13.3 Å². The molecule has 0 amide bonds. The number of hydrogen-bond donors (Lipinski definition) is 0. The highest BCUT2D eigenvalue weighted by Crippen LogP contribution is 2.37. The number of aromatic nitrogens is 2. The molecule has 0 N–H and O–H groups in total. The molecular formula is C19H15F3N2O2. The van der Waals surface area contributed by atoms with Gasteiger partial charge in [0.2, 0.25) is 5.88 Å². The van der Waals surface area contributed by atoms with Crippen LogP contribution in [0.2, 0.25) is 0 Å². The minimum absolute atomic E-state index is 0.183. The SMILES string of the molecule is COc1ccc(F)cc1-c1cccnc1Oc1cnc(C(F)F)c(C)c1. The largest absolute Gasteiger partial charge is 0.496 e. The summed E-state index contributed by atoms with van der Waals surface area (Å²) in [6.45, 7) is 1.52. The lowest BCUT2D eigenvalue weighted by atomic mass is 10.1. The molecule has 3 rings (SSSR count). The topological polar surface area (TPSA) is 44.2 Å². The number of nitrogens with zero attached hydrogens (tertiary/aromatic N) is 2. The Hall–Kier alpha value is -3.09. The highest BCUT2D eigenvalue weighted by molar-refractivity contribution is 5.74. The zero-order valence-corrected chi connectivity index (χ0v) is 14.0. The van der Waals surface area contributed by atoms with Gasteiger partial charge in [0.05, 0.1) is 13.3 Å². The van der Waals surface area contributed by atoms with Crippen molar-refractivity contribution in [2.75, 3.05) is 7.11 Å². The van der Waals surface area contributed by atoms with Crippen LogP contribution >= 0.6 is 0 Å². The van der Waals surface area contributed by atoms with Gasteiger partial charge in [-0.15, -0.1) is 0 Å². The number of aryl methyl sites for hydroxylation is 1. The first-order valence-electron chi connectivity index (χ1n) is 7.71. The summed E-state index contributed by atoms with van der Waals surface area (Å²) in [5.74, 6) is 0.450. The third-order valence-electron chi connectivity index (χ3n) is 3.74. The van der Waals surface area contributed by atoms with Gasteiger partial charge in [0.1, 0.15) is 23.0 Å². The Morgan fingerprint density at radius 1 is 1.04 bits per heavy atom. The lowest BCUT2D eigenvalue weighted by Crippen LogP contribution is -1.98. The number of alkyl halides is 2. The Morgan fingerprint density at radius 2 is 1.85 bits per heavy atom. The van der Waals surface area contributed by atoms with Crippen LogP contribution in [0.3, 0.4) is 0 Å². The molecule has 0 saturated heterocycles. The summed E-state index contributed by atoms with van der Waals surface area (Å²) < 4.78 is 50.4. The van der Waals surface area contributed by atoms with E-state index in [0.717, 1.165) is 0 Å². The summed E-state index contributed by atoms with van der Waals surface area (Å²) >= 11 is 0. The van der Waals surface area contributed by atoms with Gasteiger partial charge in [-0.05, 0) is 48.9 Å². The molecule has 0 saturated carbocycles. The van der Waals surface area contributed by atoms with Gasteiger partial charge in [-0.2, -0.15) is 0 Å². The van der Waals surface area contributed by atoms with Gasteiger partial charge in [-0.1, -0.05) is 0 Å². The molecule has 7 heteroatoms. The molecule has 3 aromatic rings. The smallest absolute Gasteiger partial charge is 0.280 e. The quantitative estimate of drug-likeness (QED) is 0.617. The Balaban J connectivity index is 2.01. The standard InChI is InChI=1S/C19H15F3N2O2/c1-11-8-13(10-24-17(11)18(21)22)26-19-14(4-3-7-23-19)15-9-12(20)5-6-16(15)25-2/h3-10,18H,1-2H3. The van der Waals surface area contributed by atoms with Crippen molar-refractivity contribution in [3.8, 4) is 28.5 Å². The van der Waals surface area contributed by atoms with Gasteiger partial charge in [0, 0.05) is 17.3 Å². The fraction of sp³-hybridized carbons (Fsp3) is 0.158. The molecule has 2 heterocycles. The summed E-state index contributed by atoms with van der Waals surface area (Å²) in [7, 11) is 1.48. The predicted molar refractivity (Wildman–Crippen MR) is 90.2 cm³/mol. The van der Waals surface area contributed by atoms with Crippen molar-refractivity contribution >= 4 is 0 Å². The maximum atomic E-state index is 13.7. The average molecular weight is 360 g/mol. The molecule has 0 fully saturated rings. The fourth-order valence-corrected chi connectivity index (χ4v) is 2.52. The molecule has 0 aliphatic rings. The van der Waals surface area contributed by atoms with E-state index in [1.807, 2.05) is 0 Å². The van der Waals surface area contributed by atoms with Crippen LogP contribution < -0.4 is 9.47 Å². The van der Waals surface area contributed by atoms with Gasteiger partial charge in [-0.25, -0.2) is 18.2 Å². The molecular weight excluding hydrogens is 345 g/mol. The number of hydrogen-bond acceptors (Lipinski definition) is 4. The number of ether oxygens (including phenoxy) is 2. The van der Waals surface area contributed by atoms with Gasteiger partial charge in [-0.3, -0.25) is 4.98 Å². The Morgan fingerprint density at radius 3 is 2.54 bits per heavy atom. The van der Waals surface area contributed by atoms with E-state index in [1.165, 1.54) is 50.7 Å². The van der Waals surface area contributed by atoms with Gasteiger partial charge in [0.15, 0.2) is 0 Å². The Kier molecular flexibility index (Phi) is 5.06. The Bertz CT molecular complexity index is 932. The first kappa shape index (κ1) is 17.7. The molecule has 2 aromatic heterocycles. The highest BCUT2D eigenvalue weighted by Gasteiger charge is 2.16. The Labute approximate surface area is 148 Å². The first-order valence-corrected chi connectivity index (χ1v) is 7.71. The first-order chi connectivity index (χ1) is 12.5. The third-order valence-corrected chi connectivity index (χ3v) is 3.74. The maximum Gasteiger partial charge on any atom is 0.280 e. The summed E-state index contributed by atoms with van der Waals surface area (Å²) in [5, 5.41) is 0. The molecule has 0 atom stereocenters. The highest BCUT2D eigenvalue weighted by atomic mass is 19.3. The molecule has 0 bridgehead atoms. The number of benzene rings is 1. The average Bonchev–Trinajstić information content (AvgIpc) is 2.62. The monoisotopic (exact) mass is 360 g/mol. The third kappa shape index (κ3) is 3.61. The van der Waals surface area contributed by atoms with E-state index in [2.05, 4.69) is 9.97 Å². The van der Waals surface area contributed by atoms with E-state index in [-0.39, 0.29) is 17.3 Å². The lowest BCUT2D eigenvalue weighted by Gasteiger charge is -2.13. The molecule has 0 aliphatic heterocycles. The fourth-order valence-electron chi connectivity index (χ4n) is 2.52. The van der Waals surface area contributed by atoms with Gasteiger partial charge >= 0.3 is 0 Å². The second-order valence-corrected chi connectivity index (χ2v) is 5.48. The van der Waals surface area contributed by atoms with Crippen molar-refractivity contribution < 1.29 is 22.6 Å². The molecule has 0 spiro atoms. The van der Waals surface area contributed by atoms with Crippen molar-refractivity contribution in [3.05, 3.63) is 65.9 Å². The van der Waals surface area contributed by atoms with Gasteiger partial charge in [0.25, 0.3) is 6.43 Å².